The number of aromatic nitrogens is 5. The number of benzene rings is 1. The molecule has 2 N–H and O–H groups in total. The highest BCUT2D eigenvalue weighted by Crippen LogP contribution is 2.28. The molecule has 0 aliphatic heterocycles. The summed E-state index contributed by atoms with van der Waals surface area (Å²) in [4.78, 5) is 17.5. The van der Waals surface area contributed by atoms with Gasteiger partial charge in [-0.15, -0.1) is 0 Å². The largest absolute Gasteiger partial charge is 0.345 e. The summed E-state index contributed by atoms with van der Waals surface area (Å²) in [5.41, 5.74) is 3.10. The number of nitrogens with zero attached hydrogens (tertiary/aromatic N) is 4. The summed E-state index contributed by atoms with van der Waals surface area (Å²) in [6.07, 6.45) is 5.15. The average molecular weight is 449 g/mol. The van der Waals surface area contributed by atoms with E-state index in [0.717, 1.165) is 16.9 Å². The third-order valence-corrected chi connectivity index (χ3v) is 7.52. The Balaban J connectivity index is 1.44. The minimum atomic E-state index is -3.82. The molecule has 0 aliphatic carbocycles. The minimum absolute atomic E-state index is 0.0998. The molecule has 0 bridgehead atoms. The molecule has 0 radical (unpaired) electrons. The second-order valence-electron chi connectivity index (χ2n) is 7.52. The van der Waals surface area contributed by atoms with E-state index in [1.54, 1.807) is 43.1 Å². The molecule has 0 spiro atoms. The first-order valence-corrected chi connectivity index (χ1v) is 11.4. The van der Waals surface area contributed by atoms with Gasteiger partial charge in [0.15, 0.2) is 0 Å². The maximum Gasteiger partial charge on any atom is 0.268 e. The van der Waals surface area contributed by atoms with Gasteiger partial charge in [-0.25, -0.2) is 13.4 Å². The predicted molar refractivity (Wildman–Crippen MR) is 118 cm³/mol. The summed E-state index contributed by atoms with van der Waals surface area (Å²) in [5.74, 6) is -0.367. The van der Waals surface area contributed by atoms with Gasteiger partial charge in [-0.1, -0.05) is 6.07 Å². The first kappa shape index (κ1) is 20.0. The van der Waals surface area contributed by atoms with Crippen LogP contribution in [-0.4, -0.2) is 38.5 Å². The van der Waals surface area contributed by atoms with Crippen molar-refractivity contribution in [2.24, 2.45) is 7.05 Å². The molecule has 5 rings (SSSR count). The molecule has 1 aromatic carbocycles. The van der Waals surface area contributed by atoms with Gasteiger partial charge < -0.3 is 14.3 Å². The number of amides is 1. The molecule has 10 heteroatoms. The summed E-state index contributed by atoms with van der Waals surface area (Å²) in [6, 6.07) is 11.9. The highest BCUT2D eigenvalue weighted by Gasteiger charge is 2.26. The molecule has 5 aromatic rings. The third-order valence-electron chi connectivity index (χ3n) is 5.66. The summed E-state index contributed by atoms with van der Waals surface area (Å²) >= 11 is 0. The van der Waals surface area contributed by atoms with E-state index in [1.165, 1.54) is 12.1 Å². The third kappa shape index (κ3) is 3.16. The Labute approximate surface area is 183 Å². The van der Waals surface area contributed by atoms with Crippen molar-refractivity contribution in [3.05, 3.63) is 78.1 Å². The summed E-state index contributed by atoms with van der Waals surface area (Å²) in [6.45, 7) is 1.94. The number of H-pyrrole nitrogens is 1. The molecule has 4 aromatic heterocycles. The lowest BCUT2D eigenvalue weighted by molar-refractivity contribution is 0.0942. The van der Waals surface area contributed by atoms with Crippen LogP contribution in [0.5, 0.6) is 0 Å². The van der Waals surface area contributed by atoms with E-state index >= 15 is 0 Å². The number of imidazole rings is 1. The number of aromatic amines is 1. The highest BCUT2D eigenvalue weighted by atomic mass is 32.2. The Kier molecular flexibility index (Phi) is 4.59. The molecule has 0 aliphatic rings. The molecule has 0 atom stereocenters. The van der Waals surface area contributed by atoms with Crippen molar-refractivity contribution in [1.82, 2.24) is 29.5 Å². The van der Waals surface area contributed by atoms with Crippen molar-refractivity contribution in [1.29, 1.82) is 0 Å². The molecule has 0 saturated heterocycles. The lowest BCUT2D eigenvalue weighted by atomic mass is 10.3. The van der Waals surface area contributed by atoms with Crippen LogP contribution in [-0.2, 0) is 23.4 Å². The van der Waals surface area contributed by atoms with Crippen molar-refractivity contribution in [2.45, 2.75) is 23.3 Å². The SMILES string of the molecule is Cc1c(S(=O)(=O)c2ccc3[nH]ncc3c2)cc(C(=O)NCc2cnc3ccccn23)n1C. The molecule has 32 heavy (non-hydrogen) atoms. The number of hydrogen-bond acceptors (Lipinski definition) is 5. The van der Waals surface area contributed by atoms with Gasteiger partial charge in [-0.05, 0) is 43.3 Å². The zero-order valence-corrected chi connectivity index (χ0v) is 18.2. The molecule has 0 unspecified atom stereocenters. The quantitative estimate of drug-likeness (QED) is 0.429. The minimum Gasteiger partial charge on any atom is -0.345 e. The van der Waals surface area contributed by atoms with Gasteiger partial charge in [-0.2, -0.15) is 5.10 Å². The molecule has 0 fully saturated rings. The topological polar surface area (TPSA) is 114 Å². The van der Waals surface area contributed by atoms with Crippen LogP contribution in [0.15, 0.2) is 70.8 Å². The number of carbonyl (C=O) groups excluding carboxylic acids is 1. The van der Waals surface area contributed by atoms with Crippen LogP contribution in [0.1, 0.15) is 21.9 Å². The second-order valence-corrected chi connectivity index (χ2v) is 9.44. The van der Waals surface area contributed by atoms with Crippen LogP contribution in [0.2, 0.25) is 0 Å². The Morgan fingerprint density at radius 1 is 1.16 bits per heavy atom. The first-order chi connectivity index (χ1) is 15.4. The van der Waals surface area contributed by atoms with E-state index in [-0.39, 0.29) is 27.9 Å². The fraction of sp³-hybridized carbons (Fsp3) is 0.136. The fourth-order valence-corrected chi connectivity index (χ4v) is 5.33. The van der Waals surface area contributed by atoms with Crippen LogP contribution in [0.4, 0.5) is 0 Å². The van der Waals surface area contributed by atoms with Crippen LogP contribution in [0.3, 0.4) is 0 Å². The molecule has 9 nitrogen and oxygen atoms in total. The van der Waals surface area contributed by atoms with Gasteiger partial charge in [0.25, 0.3) is 5.91 Å². The van der Waals surface area contributed by atoms with Gasteiger partial charge in [0, 0.05) is 24.3 Å². The Bertz CT molecular complexity index is 1590. The summed E-state index contributed by atoms with van der Waals surface area (Å²) < 4.78 is 30.1. The van der Waals surface area contributed by atoms with Crippen molar-refractivity contribution in [3.63, 3.8) is 0 Å². The van der Waals surface area contributed by atoms with Gasteiger partial charge in [0.05, 0.1) is 39.9 Å². The van der Waals surface area contributed by atoms with E-state index in [4.69, 9.17) is 0 Å². The molecule has 1 amide bonds. The van der Waals surface area contributed by atoms with Gasteiger partial charge in [0.2, 0.25) is 9.84 Å². The maximum absolute atomic E-state index is 13.3. The van der Waals surface area contributed by atoms with Crippen molar-refractivity contribution >= 4 is 32.3 Å². The normalized spacial score (nSPS) is 11.9. The van der Waals surface area contributed by atoms with Gasteiger partial charge in [0.1, 0.15) is 11.3 Å². The number of sulfone groups is 1. The smallest absolute Gasteiger partial charge is 0.268 e. The zero-order chi connectivity index (χ0) is 22.5. The summed E-state index contributed by atoms with van der Waals surface area (Å²) in [7, 11) is -2.14. The number of pyridine rings is 1. The molecule has 0 saturated carbocycles. The number of rotatable bonds is 5. The maximum atomic E-state index is 13.3. The van der Waals surface area contributed by atoms with E-state index < -0.39 is 9.84 Å². The lowest BCUT2D eigenvalue weighted by Crippen LogP contribution is -2.25. The Hall–Kier alpha value is -3.92. The van der Waals surface area contributed by atoms with Crippen molar-refractivity contribution in [3.8, 4) is 0 Å². The lowest BCUT2D eigenvalue weighted by Gasteiger charge is -2.07. The highest BCUT2D eigenvalue weighted by molar-refractivity contribution is 7.91. The zero-order valence-electron chi connectivity index (χ0n) is 17.4. The number of hydrogen-bond donors (Lipinski definition) is 2. The van der Waals surface area contributed by atoms with Crippen molar-refractivity contribution in [2.75, 3.05) is 0 Å². The van der Waals surface area contributed by atoms with E-state index in [9.17, 15) is 13.2 Å². The molecular weight excluding hydrogens is 428 g/mol. The molecular formula is C22H20N6O3S. The Morgan fingerprint density at radius 2 is 2.00 bits per heavy atom. The fourth-order valence-electron chi connectivity index (χ4n) is 3.75. The van der Waals surface area contributed by atoms with Crippen LogP contribution >= 0.6 is 0 Å². The predicted octanol–water partition coefficient (Wildman–Crippen LogP) is 2.62. The molecule has 4 heterocycles. The van der Waals surface area contributed by atoms with E-state index in [2.05, 4.69) is 20.5 Å². The Morgan fingerprint density at radius 3 is 2.84 bits per heavy atom. The van der Waals surface area contributed by atoms with E-state index in [0.29, 0.717) is 11.1 Å². The van der Waals surface area contributed by atoms with Crippen LogP contribution < -0.4 is 5.32 Å². The number of carbonyl (C=O) groups is 1. The standard InChI is InChI=1S/C22H20N6O3S/c1-14-20(32(30,31)17-6-7-18-15(9-17)11-25-26-18)10-19(27(14)2)22(29)24-13-16-12-23-21-5-3-4-8-28(16)21/h3-12H,13H2,1-2H3,(H,24,29)(H,25,26). The second kappa shape index (κ2) is 7.34. The number of nitrogens with one attached hydrogen (secondary N) is 2. The van der Waals surface area contributed by atoms with Crippen molar-refractivity contribution < 1.29 is 13.2 Å². The first-order valence-electron chi connectivity index (χ1n) is 9.90. The van der Waals surface area contributed by atoms with Gasteiger partial charge in [-0.3, -0.25) is 9.89 Å². The average Bonchev–Trinajstić information content (AvgIpc) is 3.50. The monoisotopic (exact) mass is 448 g/mol. The van der Waals surface area contributed by atoms with E-state index in [1.807, 2.05) is 28.8 Å². The van der Waals surface area contributed by atoms with Gasteiger partial charge >= 0.3 is 0 Å². The molecule has 162 valence electrons. The number of fused-ring (bicyclic) bond motifs is 2. The van der Waals surface area contributed by atoms with Crippen LogP contribution in [0.25, 0.3) is 16.6 Å². The summed E-state index contributed by atoms with van der Waals surface area (Å²) in [5, 5.41) is 10.3. The van der Waals surface area contributed by atoms with Crippen LogP contribution in [0, 0.1) is 6.92 Å².